The first-order valence-corrected chi connectivity index (χ1v) is 11.9. The molecule has 0 amide bonds. The Bertz CT molecular complexity index is 422. The summed E-state index contributed by atoms with van der Waals surface area (Å²) in [6.07, 6.45) is 26.9. The molecule has 152 valence electrons. The molecule has 0 aliphatic heterocycles. The van der Waals surface area contributed by atoms with E-state index in [0.717, 1.165) is 0 Å². The smallest absolute Gasteiger partial charge is 0.234 e. The van der Waals surface area contributed by atoms with Crippen molar-refractivity contribution in [1.29, 1.82) is 0 Å². The van der Waals surface area contributed by atoms with Crippen LogP contribution in [0.15, 0.2) is 12.4 Å². The summed E-state index contributed by atoms with van der Waals surface area (Å²) in [7, 11) is 0. The fourth-order valence-electron chi connectivity index (χ4n) is 3.89. The predicted octanol–water partition coefficient (Wildman–Crippen LogP) is 7.23. The zero-order valence-corrected chi connectivity index (χ0v) is 18.3. The SMILES string of the molecule is CCCCCCCCCCCCCCc1n(CCCC)cc[n+]1CCC. The summed E-state index contributed by atoms with van der Waals surface area (Å²) in [6, 6.07) is 0. The molecule has 0 bridgehead atoms. The highest BCUT2D eigenvalue weighted by Gasteiger charge is 2.15. The van der Waals surface area contributed by atoms with Gasteiger partial charge in [-0.15, -0.1) is 0 Å². The highest BCUT2D eigenvalue weighted by atomic mass is 15.1. The standard InChI is InChI=1S/C24H47N2/c1-4-7-9-10-11-12-13-14-15-16-17-18-19-24-25(20-6-3)22-23-26(24)21-8-5-2/h22-23H,4-21H2,1-3H3/q+1. The first-order valence-electron chi connectivity index (χ1n) is 11.9. The lowest BCUT2D eigenvalue weighted by molar-refractivity contribution is -0.703. The van der Waals surface area contributed by atoms with Crippen LogP contribution in [-0.4, -0.2) is 4.57 Å². The zero-order valence-electron chi connectivity index (χ0n) is 18.3. The lowest BCUT2D eigenvalue weighted by Crippen LogP contribution is -2.37. The Labute approximate surface area is 164 Å². The molecule has 1 rings (SSSR count). The van der Waals surface area contributed by atoms with Gasteiger partial charge in [-0.3, -0.25) is 0 Å². The first-order chi connectivity index (χ1) is 12.8. The van der Waals surface area contributed by atoms with E-state index in [-0.39, 0.29) is 0 Å². The average molecular weight is 364 g/mol. The molecule has 0 N–H and O–H groups in total. The largest absolute Gasteiger partial charge is 0.256 e. The van der Waals surface area contributed by atoms with Crippen LogP contribution >= 0.6 is 0 Å². The van der Waals surface area contributed by atoms with Crippen molar-refractivity contribution in [2.75, 3.05) is 0 Å². The molecule has 0 aliphatic carbocycles. The number of nitrogens with zero attached hydrogens (tertiary/aromatic N) is 2. The van der Waals surface area contributed by atoms with E-state index in [1.807, 2.05) is 0 Å². The third kappa shape index (κ3) is 10.4. The summed E-state index contributed by atoms with van der Waals surface area (Å²) < 4.78 is 5.01. The second kappa shape index (κ2) is 16.4. The van der Waals surface area contributed by atoms with Gasteiger partial charge in [-0.2, -0.15) is 0 Å². The second-order valence-corrected chi connectivity index (χ2v) is 8.09. The molecular formula is C24H47N2+. The lowest BCUT2D eigenvalue weighted by Gasteiger charge is -2.05. The molecule has 0 radical (unpaired) electrons. The van der Waals surface area contributed by atoms with Crippen molar-refractivity contribution in [2.45, 2.75) is 137 Å². The average Bonchev–Trinajstić information content (AvgIpc) is 3.03. The van der Waals surface area contributed by atoms with Crippen molar-refractivity contribution in [1.82, 2.24) is 4.57 Å². The van der Waals surface area contributed by atoms with Gasteiger partial charge in [0.05, 0.1) is 13.1 Å². The molecule has 0 spiro atoms. The highest BCUT2D eigenvalue weighted by molar-refractivity contribution is 4.84. The second-order valence-electron chi connectivity index (χ2n) is 8.09. The number of hydrogen-bond acceptors (Lipinski definition) is 0. The van der Waals surface area contributed by atoms with Crippen LogP contribution in [0.5, 0.6) is 0 Å². The van der Waals surface area contributed by atoms with E-state index >= 15 is 0 Å². The summed E-state index contributed by atoms with van der Waals surface area (Å²) in [5, 5.41) is 0. The third-order valence-corrected chi connectivity index (χ3v) is 5.56. The Balaban J connectivity index is 2.10. The number of aryl methyl sites for hydroxylation is 2. The first kappa shape index (κ1) is 23.2. The van der Waals surface area contributed by atoms with E-state index < -0.39 is 0 Å². The van der Waals surface area contributed by atoms with Gasteiger partial charge in [-0.05, 0) is 19.3 Å². The van der Waals surface area contributed by atoms with Gasteiger partial charge in [0, 0.05) is 6.42 Å². The van der Waals surface area contributed by atoms with E-state index in [4.69, 9.17) is 0 Å². The molecular weight excluding hydrogens is 316 g/mol. The maximum Gasteiger partial charge on any atom is 0.256 e. The lowest BCUT2D eigenvalue weighted by atomic mass is 10.0. The van der Waals surface area contributed by atoms with Gasteiger partial charge in [0.1, 0.15) is 12.4 Å². The molecule has 2 nitrogen and oxygen atoms in total. The van der Waals surface area contributed by atoms with Gasteiger partial charge in [-0.1, -0.05) is 97.8 Å². The summed E-state index contributed by atoms with van der Waals surface area (Å²) in [5.41, 5.74) is 0. The van der Waals surface area contributed by atoms with E-state index in [1.54, 1.807) is 5.82 Å². The molecule has 0 saturated carbocycles. The number of hydrogen-bond donors (Lipinski definition) is 0. The van der Waals surface area contributed by atoms with Crippen LogP contribution in [0.25, 0.3) is 0 Å². The summed E-state index contributed by atoms with van der Waals surface area (Å²) in [6.45, 7) is 9.23. The number of imidazole rings is 1. The molecule has 1 aromatic rings. The van der Waals surface area contributed by atoms with E-state index in [2.05, 4.69) is 42.3 Å². The van der Waals surface area contributed by atoms with Crippen LogP contribution in [0.3, 0.4) is 0 Å². The molecule has 0 aliphatic rings. The van der Waals surface area contributed by atoms with Gasteiger partial charge < -0.3 is 0 Å². The predicted molar refractivity (Wildman–Crippen MR) is 115 cm³/mol. The minimum atomic E-state index is 1.17. The third-order valence-electron chi connectivity index (χ3n) is 5.56. The van der Waals surface area contributed by atoms with Crippen molar-refractivity contribution in [2.24, 2.45) is 0 Å². The van der Waals surface area contributed by atoms with Gasteiger partial charge in [0.2, 0.25) is 0 Å². The van der Waals surface area contributed by atoms with E-state index in [9.17, 15) is 0 Å². The fourth-order valence-corrected chi connectivity index (χ4v) is 3.89. The molecule has 0 saturated heterocycles. The Morgan fingerprint density at radius 1 is 0.654 bits per heavy atom. The Kier molecular flexibility index (Phi) is 14.7. The maximum atomic E-state index is 2.51. The van der Waals surface area contributed by atoms with Crippen LogP contribution in [0, 0.1) is 0 Å². The quantitative estimate of drug-likeness (QED) is 0.192. The number of unbranched alkanes of at least 4 members (excludes halogenated alkanes) is 12. The summed E-state index contributed by atoms with van der Waals surface area (Å²) in [5.74, 6) is 1.56. The molecule has 2 heteroatoms. The van der Waals surface area contributed by atoms with Crippen LogP contribution in [0.2, 0.25) is 0 Å². The topological polar surface area (TPSA) is 8.81 Å². The van der Waals surface area contributed by atoms with Gasteiger partial charge in [0.25, 0.3) is 5.82 Å². The zero-order chi connectivity index (χ0) is 18.9. The highest BCUT2D eigenvalue weighted by Crippen LogP contribution is 2.13. The van der Waals surface area contributed by atoms with Gasteiger partial charge in [-0.25, -0.2) is 9.13 Å². The van der Waals surface area contributed by atoms with Crippen molar-refractivity contribution in [3.8, 4) is 0 Å². The van der Waals surface area contributed by atoms with Gasteiger partial charge >= 0.3 is 0 Å². The Hall–Kier alpha value is -0.790. The monoisotopic (exact) mass is 363 g/mol. The van der Waals surface area contributed by atoms with Crippen molar-refractivity contribution in [3.05, 3.63) is 18.2 Å². The Morgan fingerprint density at radius 3 is 1.73 bits per heavy atom. The van der Waals surface area contributed by atoms with Crippen LogP contribution in [-0.2, 0) is 19.5 Å². The minimum absolute atomic E-state index is 1.17. The van der Waals surface area contributed by atoms with Crippen LogP contribution in [0.1, 0.15) is 123 Å². The van der Waals surface area contributed by atoms with Crippen molar-refractivity contribution >= 4 is 0 Å². The van der Waals surface area contributed by atoms with E-state index in [1.165, 1.54) is 116 Å². The fraction of sp³-hybridized carbons (Fsp3) is 0.875. The van der Waals surface area contributed by atoms with E-state index in [0.29, 0.717) is 0 Å². The molecule has 0 fully saturated rings. The van der Waals surface area contributed by atoms with Crippen molar-refractivity contribution in [3.63, 3.8) is 0 Å². The molecule has 26 heavy (non-hydrogen) atoms. The van der Waals surface area contributed by atoms with Crippen molar-refractivity contribution < 1.29 is 4.57 Å². The summed E-state index contributed by atoms with van der Waals surface area (Å²) in [4.78, 5) is 0. The summed E-state index contributed by atoms with van der Waals surface area (Å²) >= 11 is 0. The normalized spacial score (nSPS) is 11.3. The molecule has 0 unspecified atom stereocenters. The van der Waals surface area contributed by atoms with Crippen LogP contribution < -0.4 is 4.57 Å². The van der Waals surface area contributed by atoms with Gasteiger partial charge in [0.15, 0.2) is 0 Å². The Morgan fingerprint density at radius 2 is 1.19 bits per heavy atom. The molecule has 0 atom stereocenters. The minimum Gasteiger partial charge on any atom is -0.234 e. The molecule has 0 aromatic carbocycles. The maximum absolute atomic E-state index is 2.51. The van der Waals surface area contributed by atoms with Crippen LogP contribution in [0.4, 0.5) is 0 Å². The number of rotatable bonds is 18. The number of aromatic nitrogens is 2. The molecule has 1 heterocycles. The molecule has 1 aromatic heterocycles.